The van der Waals surface area contributed by atoms with Gasteiger partial charge in [0, 0.05) is 35.9 Å². The SMILES string of the molecule is CC(C)n1c(-c2ccc(NC(=O)O[C@H](C)C(F)(F)F)cc2)c(C#N)c2ccc(Cc3ncccn3)cc21. The minimum absolute atomic E-state index is 0.0134. The molecule has 0 bridgehead atoms. The molecule has 10 heteroatoms. The van der Waals surface area contributed by atoms with E-state index < -0.39 is 18.4 Å². The number of nitrogens with one attached hydrogen (secondary N) is 1. The van der Waals surface area contributed by atoms with E-state index in [1.807, 2.05) is 32.0 Å². The lowest BCUT2D eigenvalue weighted by Gasteiger charge is -2.17. The molecule has 0 unspecified atom stereocenters. The molecule has 1 atom stereocenters. The van der Waals surface area contributed by atoms with Crippen molar-refractivity contribution >= 4 is 22.7 Å². The molecule has 4 rings (SSSR count). The lowest BCUT2D eigenvalue weighted by Crippen LogP contribution is -2.32. The van der Waals surface area contributed by atoms with Gasteiger partial charge < -0.3 is 9.30 Å². The van der Waals surface area contributed by atoms with Crippen LogP contribution in [0, 0.1) is 11.3 Å². The van der Waals surface area contributed by atoms with Crippen molar-refractivity contribution < 1.29 is 22.7 Å². The van der Waals surface area contributed by atoms with Crippen molar-refractivity contribution in [3.63, 3.8) is 0 Å². The highest BCUT2D eigenvalue weighted by molar-refractivity contribution is 5.95. The van der Waals surface area contributed by atoms with Gasteiger partial charge in [-0.15, -0.1) is 0 Å². The molecule has 0 aliphatic rings. The van der Waals surface area contributed by atoms with E-state index in [4.69, 9.17) is 0 Å². The molecule has 1 N–H and O–H groups in total. The van der Waals surface area contributed by atoms with Crippen LogP contribution in [0.1, 0.15) is 43.8 Å². The van der Waals surface area contributed by atoms with Gasteiger partial charge in [-0.2, -0.15) is 18.4 Å². The number of anilines is 1. The zero-order chi connectivity index (χ0) is 26.7. The maximum Gasteiger partial charge on any atom is 0.425 e. The first kappa shape index (κ1) is 25.7. The Labute approximate surface area is 211 Å². The molecular formula is C27H24F3N5O2. The summed E-state index contributed by atoms with van der Waals surface area (Å²) in [7, 11) is 0. The number of alkyl halides is 3. The van der Waals surface area contributed by atoms with Gasteiger partial charge in [0.1, 0.15) is 11.9 Å². The lowest BCUT2D eigenvalue weighted by molar-refractivity contribution is -0.196. The number of nitriles is 1. The van der Waals surface area contributed by atoms with Crippen LogP contribution >= 0.6 is 0 Å². The largest absolute Gasteiger partial charge is 0.437 e. The van der Waals surface area contributed by atoms with E-state index in [-0.39, 0.29) is 11.7 Å². The number of ether oxygens (including phenoxy) is 1. The molecule has 37 heavy (non-hydrogen) atoms. The van der Waals surface area contributed by atoms with Crippen LogP contribution in [-0.2, 0) is 11.2 Å². The number of nitrogens with zero attached hydrogens (tertiary/aromatic N) is 4. The first-order valence-corrected chi connectivity index (χ1v) is 11.6. The van der Waals surface area contributed by atoms with Gasteiger partial charge in [-0.3, -0.25) is 5.32 Å². The summed E-state index contributed by atoms with van der Waals surface area (Å²) in [6.07, 6.45) is -4.16. The Morgan fingerprint density at radius 3 is 2.38 bits per heavy atom. The van der Waals surface area contributed by atoms with Gasteiger partial charge in [-0.25, -0.2) is 14.8 Å². The minimum Gasteiger partial charge on any atom is -0.437 e. The molecular weight excluding hydrogens is 483 g/mol. The Kier molecular flexibility index (Phi) is 7.16. The molecule has 0 aliphatic carbocycles. The Morgan fingerprint density at radius 2 is 1.78 bits per heavy atom. The molecule has 2 aromatic heterocycles. The number of hydrogen-bond acceptors (Lipinski definition) is 5. The van der Waals surface area contributed by atoms with Gasteiger partial charge in [0.25, 0.3) is 0 Å². The number of halogens is 3. The number of hydrogen-bond donors (Lipinski definition) is 1. The molecule has 0 saturated heterocycles. The van der Waals surface area contributed by atoms with Crippen LogP contribution in [-0.4, -0.2) is 32.9 Å². The maximum absolute atomic E-state index is 12.6. The Balaban J connectivity index is 1.67. The van der Waals surface area contributed by atoms with Gasteiger partial charge in [0.2, 0.25) is 0 Å². The highest BCUT2D eigenvalue weighted by atomic mass is 19.4. The van der Waals surface area contributed by atoms with Crippen molar-refractivity contribution in [3.05, 3.63) is 77.9 Å². The van der Waals surface area contributed by atoms with E-state index in [1.165, 1.54) is 0 Å². The summed E-state index contributed by atoms with van der Waals surface area (Å²) in [5, 5.41) is 13.2. The Bertz CT molecular complexity index is 1460. The van der Waals surface area contributed by atoms with Crippen molar-refractivity contribution in [2.45, 2.75) is 45.5 Å². The summed E-state index contributed by atoms with van der Waals surface area (Å²) in [6, 6.07) is 16.5. The molecule has 0 radical (unpaired) electrons. The predicted molar refractivity (Wildman–Crippen MR) is 133 cm³/mol. The van der Waals surface area contributed by atoms with Crippen LogP contribution in [0.2, 0.25) is 0 Å². The van der Waals surface area contributed by atoms with Gasteiger partial charge >= 0.3 is 12.3 Å². The number of amides is 1. The molecule has 7 nitrogen and oxygen atoms in total. The average molecular weight is 508 g/mol. The molecule has 0 fully saturated rings. The zero-order valence-electron chi connectivity index (χ0n) is 20.4. The Hall–Kier alpha value is -4.39. The molecule has 2 aromatic carbocycles. The van der Waals surface area contributed by atoms with E-state index in [1.54, 1.807) is 42.7 Å². The summed E-state index contributed by atoms with van der Waals surface area (Å²) in [6.45, 7) is 4.80. The second kappa shape index (κ2) is 10.3. The molecule has 0 aliphatic heterocycles. The van der Waals surface area contributed by atoms with E-state index in [0.717, 1.165) is 29.0 Å². The fraction of sp³-hybridized carbons (Fsp3) is 0.259. The van der Waals surface area contributed by atoms with Crippen LogP contribution in [0.3, 0.4) is 0 Å². The molecule has 1 amide bonds. The number of carbonyl (C=O) groups is 1. The zero-order valence-corrected chi connectivity index (χ0v) is 20.4. The van der Waals surface area contributed by atoms with E-state index in [2.05, 4.69) is 30.7 Å². The maximum atomic E-state index is 12.6. The summed E-state index contributed by atoms with van der Waals surface area (Å²) >= 11 is 0. The quantitative estimate of drug-likeness (QED) is 0.316. The van der Waals surface area contributed by atoms with Gasteiger partial charge in [0.15, 0.2) is 6.10 Å². The van der Waals surface area contributed by atoms with Crippen molar-refractivity contribution in [1.29, 1.82) is 5.26 Å². The normalized spacial score (nSPS) is 12.4. The van der Waals surface area contributed by atoms with Crippen LogP contribution in [0.4, 0.5) is 23.7 Å². The molecule has 0 saturated carbocycles. The first-order chi connectivity index (χ1) is 17.6. The van der Waals surface area contributed by atoms with Gasteiger partial charge in [-0.05, 0) is 56.2 Å². The third kappa shape index (κ3) is 5.56. The highest BCUT2D eigenvalue weighted by Gasteiger charge is 2.39. The number of benzene rings is 2. The fourth-order valence-corrected chi connectivity index (χ4v) is 4.09. The second-order valence-electron chi connectivity index (χ2n) is 8.78. The third-order valence-corrected chi connectivity index (χ3v) is 5.83. The molecule has 4 aromatic rings. The minimum atomic E-state index is -4.65. The predicted octanol–water partition coefficient (Wildman–Crippen LogP) is 6.64. The average Bonchev–Trinajstić information content (AvgIpc) is 3.18. The summed E-state index contributed by atoms with van der Waals surface area (Å²) < 4.78 is 44.4. The van der Waals surface area contributed by atoms with Crippen LogP contribution in [0.5, 0.6) is 0 Å². The van der Waals surface area contributed by atoms with Crippen molar-refractivity contribution in [1.82, 2.24) is 14.5 Å². The smallest absolute Gasteiger partial charge is 0.425 e. The lowest BCUT2D eigenvalue weighted by atomic mass is 10.0. The fourth-order valence-electron chi connectivity index (χ4n) is 4.09. The number of fused-ring (bicyclic) bond motifs is 1. The monoisotopic (exact) mass is 507 g/mol. The van der Waals surface area contributed by atoms with Crippen LogP contribution < -0.4 is 5.32 Å². The molecule has 2 heterocycles. The van der Waals surface area contributed by atoms with Crippen molar-refractivity contribution in [2.75, 3.05) is 5.32 Å². The first-order valence-electron chi connectivity index (χ1n) is 11.6. The van der Waals surface area contributed by atoms with E-state index in [9.17, 15) is 23.2 Å². The van der Waals surface area contributed by atoms with E-state index in [0.29, 0.717) is 23.5 Å². The molecule has 190 valence electrons. The van der Waals surface area contributed by atoms with Crippen LogP contribution in [0.15, 0.2) is 60.9 Å². The summed E-state index contributed by atoms with van der Waals surface area (Å²) in [5.41, 5.74) is 4.09. The highest BCUT2D eigenvalue weighted by Crippen LogP contribution is 2.37. The van der Waals surface area contributed by atoms with Crippen LogP contribution in [0.25, 0.3) is 22.2 Å². The van der Waals surface area contributed by atoms with Crippen molar-refractivity contribution in [2.24, 2.45) is 0 Å². The van der Waals surface area contributed by atoms with Gasteiger partial charge in [0.05, 0.1) is 16.8 Å². The summed E-state index contributed by atoms with van der Waals surface area (Å²) in [4.78, 5) is 20.4. The Morgan fingerprint density at radius 1 is 1.11 bits per heavy atom. The second-order valence-corrected chi connectivity index (χ2v) is 8.78. The number of carbonyl (C=O) groups excluding carboxylic acids is 1. The number of aromatic nitrogens is 3. The van der Waals surface area contributed by atoms with Crippen molar-refractivity contribution in [3.8, 4) is 17.3 Å². The molecule has 0 spiro atoms. The topological polar surface area (TPSA) is 92.8 Å². The van der Waals surface area contributed by atoms with E-state index >= 15 is 0 Å². The standard InChI is InChI=1S/C27H24F3N5O2/c1-16(2)35-23-13-18(14-24-32-11-4-12-33-24)5-10-21(23)22(15-31)25(35)19-6-8-20(9-7-19)34-26(36)37-17(3)27(28,29)30/h4-13,16-17H,14H2,1-3H3,(H,34,36)/t17-/m1/s1. The number of rotatable bonds is 6. The summed E-state index contributed by atoms with van der Waals surface area (Å²) in [5.74, 6) is 0.691. The third-order valence-electron chi connectivity index (χ3n) is 5.83. The van der Waals surface area contributed by atoms with Gasteiger partial charge in [-0.1, -0.05) is 24.3 Å².